The first-order chi connectivity index (χ1) is 14.9. The van der Waals surface area contributed by atoms with Gasteiger partial charge >= 0.3 is 0 Å². The van der Waals surface area contributed by atoms with Gasteiger partial charge in [-0.25, -0.2) is 4.39 Å². The smallest absolute Gasteiger partial charge is 0.250 e. The van der Waals surface area contributed by atoms with Crippen LogP contribution in [-0.2, 0) is 11.3 Å². The van der Waals surface area contributed by atoms with Crippen LogP contribution in [0.4, 0.5) is 4.39 Å². The Morgan fingerprint density at radius 2 is 1.90 bits per heavy atom. The molecular formula is C24H25FN4O2. The van der Waals surface area contributed by atoms with Crippen LogP contribution in [0, 0.1) is 33.5 Å². The maximum atomic E-state index is 14.5. The minimum atomic E-state index is -0.432. The molecule has 1 N–H and O–H groups in total. The van der Waals surface area contributed by atoms with Crippen molar-refractivity contribution in [1.29, 1.82) is 0 Å². The molecule has 1 aliphatic heterocycles. The SMILES string of the molecule is Cc1ccc(C)c(C[C@@H]2CON=C(c3cc(C)nnc3Oc3cccc(C)c3F)N2)c1. The molecule has 4 rings (SSSR count). The number of hydrogen-bond donors (Lipinski definition) is 1. The standard InChI is InChI=1S/C24H25FN4O2/c1-14-8-9-15(2)18(10-14)12-19-13-30-29-23(26-19)20-11-17(4)27-28-24(20)31-21-7-5-6-16(3)22(21)25/h5-11,19H,12-13H2,1-4H3,(H,26,29)/t19-/m1/s1. The molecule has 0 amide bonds. The summed E-state index contributed by atoms with van der Waals surface area (Å²) in [6.45, 7) is 8.14. The van der Waals surface area contributed by atoms with E-state index in [1.54, 1.807) is 31.2 Å². The number of ether oxygens (including phenoxy) is 1. The van der Waals surface area contributed by atoms with Crippen LogP contribution in [-0.4, -0.2) is 28.7 Å². The predicted molar refractivity (Wildman–Crippen MR) is 117 cm³/mol. The van der Waals surface area contributed by atoms with E-state index in [2.05, 4.69) is 52.7 Å². The van der Waals surface area contributed by atoms with E-state index in [9.17, 15) is 4.39 Å². The third-order valence-electron chi connectivity index (χ3n) is 5.24. The van der Waals surface area contributed by atoms with Gasteiger partial charge in [0.2, 0.25) is 5.88 Å². The Balaban J connectivity index is 1.60. The second-order valence-corrected chi connectivity index (χ2v) is 7.90. The van der Waals surface area contributed by atoms with Crippen molar-refractivity contribution in [3.05, 3.63) is 81.8 Å². The number of aromatic nitrogens is 2. The van der Waals surface area contributed by atoms with Gasteiger partial charge in [-0.05, 0) is 62.9 Å². The molecule has 160 valence electrons. The molecule has 0 radical (unpaired) electrons. The molecule has 1 aliphatic rings. The Kier molecular flexibility index (Phi) is 5.84. The van der Waals surface area contributed by atoms with E-state index in [1.807, 2.05) is 6.92 Å². The Bertz CT molecular complexity index is 1150. The molecule has 0 unspecified atom stereocenters. The highest BCUT2D eigenvalue weighted by molar-refractivity contribution is 6.00. The summed E-state index contributed by atoms with van der Waals surface area (Å²) >= 11 is 0. The topological polar surface area (TPSA) is 68.6 Å². The van der Waals surface area contributed by atoms with Crippen molar-refractivity contribution in [3.63, 3.8) is 0 Å². The Hall–Kier alpha value is -3.48. The third-order valence-corrected chi connectivity index (χ3v) is 5.24. The van der Waals surface area contributed by atoms with Crippen LogP contribution in [0.5, 0.6) is 11.6 Å². The molecule has 1 atom stereocenters. The summed E-state index contributed by atoms with van der Waals surface area (Å²) in [5.74, 6) is 0.307. The summed E-state index contributed by atoms with van der Waals surface area (Å²) in [4.78, 5) is 5.53. The van der Waals surface area contributed by atoms with E-state index >= 15 is 0 Å². The second-order valence-electron chi connectivity index (χ2n) is 7.90. The molecule has 0 bridgehead atoms. The number of amidine groups is 1. The summed E-state index contributed by atoms with van der Waals surface area (Å²) in [6, 6.07) is 13.2. The first-order valence-corrected chi connectivity index (χ1v) is 10.2. The molecule has 7 heteroatoms. The van der Waals surface area contributed by atoms with E-state index in [-0.39, 0.29) is 17.7 Å². The lowest BCUT2D eigenvalue weighted by atomic mass is 9.99. The van der Waals surface area contributed by atoms with Crippen molar-refractivity contribution in [2.24, 2.45) is 5.16 Å². The van der Waals surface area contributed by atoms with E-state index in [1.165, 1.54) is 16.7 Å². The summed E-state index contributed by atoms with van der Waals surface area (Å²) in [5.41, 5.74) is 5.45. The number of halogens is 1. The Morgan fingerprint density at radius 3 is 2.74 bits per heavy atom. The fourth-order valence-corrected chi connectivity index (χ4v) is 3.50. The van der Waals surface area contributed by atoms with Gasteiger partial charge in [-0.15, -0.1) is 5.10 Å². The normalized spacial score (nSPS) is 15.6. The van der Waals surface area contributed by atoms with Gasteiger partial charge in [0.25, 0.3) is 0 Å². The van der Waals surface area contributed by atoms with Gasteiger partial charge in [-0.1, -0.05) is 41.1 Å². The molecule has 0 saturated carbocycles. The molecule has 0 fully saturated rings. The number of nitrogens with one attached hydrogen (secondary N) is 1. The van der Waals surface area contributed by atoms with Crippen LogP contribution in [0.3, 0.4) is 0 Å². The van der Waals surface area contributed by atoms with Gasteiger partial charge in [0.1, 0.15) is 6.61 Å². The summed E-state index contributed by atoms with van der Waals surface area (Å²) in [7, 11) is 0. The van der Waals surface area contributed by atoms with E-state index in [0.29, 0.717) is 29.3 Å². The van der Waals surface area contributed by atoms with Crippen molar-refractivity contribution in [2.75, 3.05) is 6.61 Å². The minimum Gasteiger partial charge on any atom is -0.434 e. The molecule has 0 saturated heterocycles. The number of benzene rings is 2. The summed E-state index contributed by atoms with van der Waals surface area (Å²) in [5, 5.41) is 15.8. The molecule has 6 nitrogen and oxygen atoms in total. The zero-order chi connectivity index (χ0) is 22.0. The average molecular weight is 420 g/mol. The fraction of sp³-hybridized carbons (Fsp3) is 0.292. The highest BCUT2D eigenvalue weighted by atomic mass is 19.1. The van der Waals surface area contributed by atoms with E-state index in [4.69, 9.17) is 9.57 Å². The van der Waals surface area contributed by atoms with Crippen molar-refractivity contribution in [3.8, 4) is 11.6 Å². The number of hydrogen-bond acceptors (Lipinski definition) is 6. The molecule has 0 aliphatic carbocycles. The number of nitrogens with zero attached hydrogens (tertiary/aromatic N) is 3. The number of rotatable bonds is 5. The van der Waals surface area contributed by atoms with E-state index in [0.717, 1.165) is 6.42 Å². The van der Waals surface area contributed by atoms with Gasteiger partial charge in [0.15, 0.2) is 17.4 Å². The summed E-state index contributed by atoms with van der Waals surface area (Å²) in [6.07, 6.45) is 0.784. The van der Waals surface area contributed by atoms with Crippen LogP contribution < -0.4 is 10.1 Å². The zero-order valence-corrected chi connectivity index (χ0v) is 18.1. The van der Waals surface area contributed by atoms with Crippen molar-refractivity contribution < 1.29 is 14.0 Å². The third kappa shape index (κ3) is 4.66. The van der Waals surface area contributed by atoms with Crippen LogP contribution in [0.25, 0.3) is 0 Å². The molecular weight excluding hydrogens is 395 g/mol. The molecule has 3 aromatic rings. The largest absolute Gasteiger partial charge is 0.434 e. The van der Waals surface area contributed by atoms with Gasteiger partial charge in [-0.3, -0.25) is 0 Å². The first-order valence-electron chi connectivity index (χ1n) is 10.2. The monoisotopic (exact) mass is 420 g/mol. The number of oxime groups is 1. The van der Waals surface area contributed by atoms with Gasteiger partial charge < -0.3 is 14.9 Å². The maximum absolute atomic E-state index is 14.5. The molecule has 0 spiro atoms. The van der Waals surface area contributed by atoms with Crippen LogP contribution >= 0.6 is 0 Å². The lowest BCUT2D eigenvalue weighted by Gasteiger charge is -2.25. The van der Waals surface area contributed by atoms with Gasteiger partial charge in [0, 0.05) is 0 Å². The van der Waals surface area contributed by atoms with Crippen LogP contribution in [0.1, 0.15) is 33.5 Å². The zero-order valence-electron chi connectivity index (χ0n) is 18.1. The van der Waals surface area contributed by atoms with Crippen molar-refractivity contribution >= 4 is 5.84 Å². The van der Waals surface area contributed by atoms with Crippen molar-refractivity contribution in [2.45, 2.75) is 40.2 Å². The van der Waals surface area contributed by atoms with Crippen LogP contribution in [0.15, 0.2) is 47.6 Å². The summed E-state index contributed by atoms with van der Waals surface area (Å²) < 4.78 is 20.3. The first kappa shape index (κ1) is 20.8. The van der Waals surface area contributed by atoms with Gasteiger partial charge in [-0.2, -0.15) is 5.10 Å². The molecule has 2 aromatic carbocycles. The highest BCUT2D eigenvalue weighted by Gasteiger charge is 2.24. The average Bonchev–Trinajstić information content (AvgIpc) is 2.75. The lowest BCUT2D eigenvalue weighted by Crippen LogP contribution is -2.43. The second kappa shape index (κ2) is 8.71. The molecule has 31 heavy (non-hydrogen) atoms. The Morgan fingerprint density at radius 1 is 1.06 bits per heavy atom. The maximum Gasteiger partial charge on any atom is 0.250 e. The molecule has 1 aromatic heterocycles. The Labute approximate surface area is 181 Å². The van der Waals surface area contributed by atoms with Gasteiger partial charge in [0.05, 0.1) is 17.3 Å². The van der Waals surface area contributed by atoms with Crippen molar-refractivity contribution in [1.82, 2.24) is 15.5 Å². The fourth-order valence-electron chi connectivity index (χ4n) is 3.50. The van der Waals surface area contributed by atoms with E-state index < -0.39 is 5.82 Å². The number of aryl methyl sites for hydroxylation is 4. The predicted octanol–water partition coefficient (Wildman–Crippen LogP) is 4.53. The van der Waals surface area contributed by atoms with Crippen LogP contribution in [0.2, 0.25) is 0 Å². The lowest BCUT2D eigenvalue weighted by molar-refractivity contribution is 0.109. The quantitative estimate of drug-likeness (QED) is 0.657. The molecule has 2 heterocycles. The minimum absolute atomic E-state index is 0.0185. The highest BCUT2D eigenvalue weighted by Crippen LogP contribution is 2.28.